The van der Waals surface area contributed by atoms with Crippen LogP contribution in [0.15, 0.2) is 47.6 Å². The molecule has 0 bridgehead atoms. The van der Waals surface area contributed by atoms with Gasteiger partial charge >= 0.3 is 0 Å². The van der Waals surface area contributed by atoms with E-state index in [0.717, 1.165) is 31.4 Å². The minimum Gasteiger partial charge on any atom is -0.381 e. The van der Waals surface area contributed by atoms with Crippen LogP contribution in [-0.4, -0.2) is 48.3 Å². The van der Waals surface area contributed by atoms with Crippen LogP contribution >= 0.6 is 0 Å². The zero-order valence-corrected chi connectivity index (χ0v) is 14.9. The van der Waals surface area contributed by atoms with E-state index in [1.54, 1.807) is 15.2 Å². The zero-order chi connectivity index (χ0) is 17.3. The van der Waals surface area contributed by atoms with E-state index in [1.165, 1.54) is 6.20 Å². The van der Waals surface area contributed by atoms with Gasteiger partial charge in [-0.25, -0.2) is 8.42 Å². The molecular weight excluding hydrogens is 338 g/mol. The van der Waals surface area contributed by atoms with E-state index in [4.69, 9.17) is 4.74 Å². The molecule has 1 atom stereocenters. The highest BCUT2D eigenvalue weighted by Gasteiger charge is 2.40. The van der Waals surface area contributed by atoms with Gasteiger partial charge in [0.2, 0.25) is 10.0 Å². The summed E-state index contributed by atoms with van der Waals surface area (Å²) in [6.07, 6.45) is 5.95. The van der Waals surface area contributed by atoms with Crippen LogP contribution in [0.1, 0.15) is 24.8 Å². The normalized spacial score (nSPS) is 21.1. The highest BCUT2D eigenvalue weighted by Crippen LogP contribution is 2.33. The molecule has 0 N–H and O–H groups in total. The Labute approximate surface area is 148 Å². The van der Waals surface area contributed by atoms with E-state index in [2.05, 4.69) is 5.10 Å². The Morgan fingerprint density at radius 3 is 2.68 bits per heavy atom. The largest absolute Gasteiger partial charge is 0.381 e. The lowest BCUT2D eigenvalue weighted by atomic mass is 10.1. The second kappa shape index (κ2) is 6.90. The van der Waals surface area contributed by atoms with Crippen LogP contribution in [0.25, 0.3) is 0 Å². The molecule has 0 spiro atoms. The Kier molecular flexibility index (Phi) is 4.62. The third-order valence-electron chi connectivity index (χ3n) is 4.82. The SMILES string of the molecule is O=S(=O)(c1cnn(Cc2ccccc2)c1)N(CC1CCOC1)C1CC1. The lowest BCUT2D eigenvalue weighted by Gasteiger charge is -2.23. The Morgan fingerprint density at radius 1 is 1.20 bits per heavy atom. The summed E-state index contributed by atoms with van der Waals surface area (Å²) in [6.45, 7) is 2.51. The molecule has 1 aliphatic carbocycles. The van der Waals surface area contributed by atoms with Crippen LogP contribution in [0.5, 0.6) is 0 Å². The first-order chi connectivity index (χ1) is 12.1. The van der Waals surface area contributed by atoms with Gasteiger partial charge in [0.25, 0.3) is 0 Å². The number of hydrogen-bond acceptors (Lipinski definition) is 4. The lowest BCUT2D eigenvalue weighted by molar-refractivity contribution is 0.180. The van der Waals surface area contributed by atoms with Crippen molar-refractivity contribution in [3.05, 3.63) is 48.3 Å². The average Bonchev–Trinajstić information content (AvgIpc) is 3.09. The number of hydrogen-bond donors (Lipinski definition) is 0. The number of ether oxygens (including phenoxy) is 1. The molecule has 1 saturated carbocycles. The van der Waals surface area contributed by atoms with Gasteiger partial charge in [0, 0.05) is 25.4 Å². The van der Waals surface area contributed by atoms with Crippen LogP contribution < -0.4 is 0 Å². The van der Waals surface area contributed by atoms with Crippen molar-refractivity contribution >= 4 is 10.0 Å². The third-order valence-corrected chi connectivity index (χ3v) is 6.69. The standard InChI is InChI=1S/C18H23N3O3S/c22-25(23,21(17-6-7-17)12-16-8-9-24-14-16)18-10-19-20(13-18)11-15-4-2-1-3-5-15/h1-5,10,13,16-17H,6-9,11-12,14H2. The van der Waals surface area contributed by atoms with Crippen LogP contribution in [-0.2, 0) is 21.3 Å². The van der Waals surface area contributed by atoms with E-state index >= 15 is 0 Å². The minimum atomic E-state index is -3.50. The minimum absolute atomic E-state index is 0.142. The number of benzene rings is 1. The molecule has 1 aromatic carbocycles. The molecule has 2 fully saturated rings. The fourth-order valence-corrected chi connectivity index (χ4v) is 4.97. The van der Waals surface area contributed by atoms with Gasteiger partial charge in [0.1, 0.15) is 4.90 Å². The third kappa shape index (κ3) is 3.78. The summed E-state index contributed by atoms with van der Waals surface area (Å²) in [5.74, 6) is 0.301. The molecule has 2 heterocycles. The highest BCUT2D eigenvalue weighted by molar-refractivity contribution is 7.89. The summed E-state index contributed by atoms with van der Waals surface area (Å²) in [5, 5.41) is 4.26. The average molecular weight is 361 g/mol. The van der Waals surface area contributed by atoms with E-state index < -0.39 is 10.0 Å². The van der Waals surface area contributed by atoms with Gasteiger partial charge in [-0.15, -0.1) is 0 Å². The highest BCUT2D eigenvalue weighted by atomic mass is 32.2. The van der Waals surface area contributed by atoms with Crippen molar-refractivity contribution < 1.29 is 13.2 Å². The Balaban J connectivity index is 1.52. The Bertz CT molecular complexity index is 809. The molecule has 4 rings (SSSR count). The van der Waals surface area contributed by atoms with Crippen LogP contribution in [0, 0.1) is 5.92 Å². The summed E-state index contributed by atoms with van der Waals surface area (Å²) in [4.78, 5) is 0.286. The van der Waals surface area contributed by atoms with Gasteiger partial charge in [0.05, 0.1) is 19.3 Å². The van der Waals surface area contributed by atoms with E-state index in [1.807, 2.05) is 30.3 Å². The monoisotopic (exact) mass is 361 g/mol. The maximum Gasteiger partial charge on any atom is 0.246 e. The second-order valence-electron chi connectivity index (χ2n) is 6.89. The summed E-state index contributed by atoms with van der Waals surface area (Å²) in [6, 6.07) is 10.1. The number of sulfonamides is 1. The number of rotatable bonds is 7. The molecule has 2 aromatic rings. The first-order valence-electron chi connectivity index (χ1n) is 8.79. The van der Waals surface area contributed by atoms with Gasteiger partial charge in [-0.05, 0) is 30.7 Å². The van der Waals surface area contributed by atoms with Gasteiger partial charge in [-0.3, -0.25) is 4.68 Å². The molecule has 0 radical (unpaired) electrons. The first-order valence-corrected chi connectivity index (χ1v) is 10.2. The first kappa shape index (κ1) is 16.8. The molecule has 25 heavy (non-hydrogen) atoms. The van der Waals surface area contributed by atoms with Crippen molar-refractivity contribution in [1.29, 1.82) is 0 Å². The molecule has 1 unspecified atom stereocenters. The van der Waals surface area contributed by atoms with Gasteiger partial charge < -0.3 is 4.74 Å². The topological polar surface area (TPSA) is 64.4 Å². The second-order valence-corrected chi connectivity index (χ2v) is 8.79. The molecule has 1 aromatic heterocycles. The summed E-state index contributed by atoms with van der Waals surface area (Å²) in [7, 11) is -3.50. The molecule has 1 saturated heterocycles. The van der Waals surface area contributed by atoms with Crippen molar-refractivity contribution in [3.8, 4) is 0 Å². The van der Waals surface area contributed by atoms with Crippen molar-refractivity contribution in [3.63, 3.8) is 0 Å². The molecule has 134 valence electrons. The molecule has 0 amide bonds. The Hall–Kier alpha value is -1.70. The van der Waals surface area contributed by atoms with E-state index in [9.17, 15) is 8.42 Å². The van der Waals surface area contributed by atoms with Crippen LogP contribution in [0.2, 0.25) is 0 Å². The predicted octanol–water partition coefficient (Wildman–Crippen LogP) is 2.12. The lowest BCUT2D eigenvalue weighted by Crippen LogP contribution is -2.37. The fraction of sp³-hybridized carbons (Fsp3) is 0.500. The summed E-state index contributed by atoms with van der Waals surface area (Å²) >= 11 is 0. The van der Waals surface area contributed by atoms with Gasteiger partial charge in [0.15, 0.2) is 0 Å². The molecule has 6 nitrogen and oxygen atoms in total. The van der Waals surface area contributed by atoms with Crippen molar-refractivity contribution in [2.45, 2.75) is 36.7 Å². The van der Waals surface area contributed by atoms with Crippen LogP contribution in [0.3, 0.4) is 0 Å². The zero-order valence-electron chi connectivity index (χ0n) is 14.1. The molecule has 2 aliphatic rings. The van der Waals surface area contributed by atoms with Crippen molar-refractivity contribution in [2.24, 2.45) is 5.92 Å². The molecule has 7 heteroatoms. The van der Waals surface area contributed by atoms with E-state index in [-0.39, 0.29) is 10.9 Å². The van der Waals surface area contributed by atoms with Gasteiger partial charge in [-0.1, -0.05) is 30.3 Å². The van der Waals surface area contributed by atoms with E-state index in [0.29, 0.717) is 25.6 Å². The summed E-state index contributed by atoms with van der Waals surface area (Å²) < 4.78 is 35.0. The quantitative estimate of drug-likeness (QED) is 0.758. The maximum absolute atomic E-state index is 13.1. The maximum atomic E-state index is 13.1. The summed E-state index contributed by atoms with van der Waals surface area (Å²) in [5.41, 5.74) is 1.09. The molecular formula is C18H23N3O3S. The number of aromatic nitrogens is 2. The Morgan fingerprint density at radius 2 is 2.00 bits per heavy atom. The van der Waals surface area contributed by atoms with Crippen molar-refractivity contribution in [2.75, 3.05) is 19.8 Å². The smallest absolute Gasteiger partial charge is 0.246 e. The number of nitrogens with zero attached hydrogens (tertiary/aromatic N) is 3. The predicted molar refractivity (Wildman–Crippen MR) is 93.6 cm³/mol. The molecule has 1 aliphatic heterocycles. The van der Waals surface area contributed by atoms with Crippen LogP contribution in [0.4, 0.5) is 0 Å². The van der Waals surface area contributed by atoms with Crippen molar-refractivity contribution in [1.82, 2.24) is 14.1 Å². The van der Waals surface area contributed by atoms with Gasteiger partial charge in [-0.2, -0.15) is 9.40 Å². The fourth-order valence-electron chi connectivity index (χ4n) is 3.26.